The van der Waals surface area contributed by atoms with Crippen molar-refractivity contribution in [3.63, 3.8) is 0 Å². The van der Waals surface area contributed by atoms with Gasteiger partial charge in [0.2, 0.25) is 0 Å². The van der Waals surface area contributed by atoms with E-state index < -0.39 is 11.8 Å². The van der Waals surface area contributed by atoms with E-state index in [1.807, 2.05) is 30.3 Å². The predicted molar refractivity (Wildman–Crippen MR) is 55.3 cm³/mol. The minimum Gasteiger partial charge on any atom is -0.419 e. The van der Waals surface area contributed by atoms with Gasteiger partial charge in [0.05, 0.1) is 0 Å². The van der Waals surface area contributed by atoms with Gasteiger partial charge in [-0.1, -0.05) is 36.9 Å². The quantitative estimate of drug-likeness (QED) is 0.695. The summed E-state index contributed by atoms with van der Waals surface area (Å²) in [7, 11) is 0. The van der Waals surface area contributed by atoms with Gasteiger partial charge in [-0.2, -0.15) is 0 Å². The SMILES string of the molecule is C=C1OC(=O)OC1(C)Cc1ccccc1. The van der Waals surface area contributed by atoms with E-state index in [2.05, 4.69) is 6.58 Å². The molecule has 0 aliphatic carbocycles. The molecule has 1 saturated heterocycles. The van der Waals surface area contributed by atoms with Crippen LogP contribution >= 0.6 is 0 Å². The molecule has 1 unspecified atom stereocenters. The Bertz CT molecular complexity index is 397. The van der Waals surface area contributed by atoms with Crippen LogP contribution in [0.15, 0.2) is 42.7 Å². The lowest BCUT2D eigenvalue weighted by Crippen LogP contribution is -2.28. The van der Waals surface area contributed by atoms with Crippen LogP contribution in [0, 0.1) is 0 Å². The number of benzene rings is 1. The van der Waals surface area contributed by atoms with E-state index in [-0.39, 0.29) is 0 Å². The molecule has 1 heterocycles. The van der Waals surface area contributed by atoms with E-state index >= 15 is 0 Å². The highest BCUT2D eigenvalue weighted by molar-refractivity contribution is 5.66. The third-order valence-electron chi connectivity index (χ3n) is 2.49. The second kappa shape index (κ2) is 3.42. The lowest BCUT2D eigenvalue weighted by Gasteiger charge is -2.20. The molecule has 0 radical (unpaired) electrons. The van der Waals surface area contributed by atoms with Crippen LogP contribution in [0.5, 0.6) is 0 Å². The first-order valence-corrected chi connectivity index (χ1v) is 4.74. The van der Waals surface area contributed by atoms with Crippen LogP contribution in [-0.2, 0) is 15.9 Å². The van der Waals surface area contributed by atoms with Gasteiger partial charge in [0.15, 0.2) is 5.60 Å². The van der Waals surface area contributed by atoms with Crippen LogP contribution in [0.1, 0.15) is 12.5 Å². The first kappa shape index (κ1) is 9.77. The Morgan fingerprint density at radius 3 is 2.53 bits per heavy atom. The van der Waals surface area contributed by atoms with Gasteiger partial charge in [-0.25, -0.2) is 4.79 Å². The smallest absolute Gasteiger partial charge is 0.419 e. The summed E-state index contributed by atoms with van der Waals surface area (Å²) in [6, 6.07) is 9.78. The van der Waals surface area contributed by atoms with Crippen molar-refractivity contribution in [3.05, 3.63) is 48.2 Å². The fourth-order valence-electron chi connectivity index (χ4n) is 1.59. The largest absolute Gasteiger partial charge is 0.514 e. The van der Waals surface area contributed by atoms with Crippen LogP contribution in [0.4, 0.5) is 4.79 Å². The van der Waals surface area contributed by atoms with Crippen molar-refractivity contribution in [1.82, 2.24) is 0 Å². The summed E-state index contributed by atoms with van der Waals surface area (Å²) in [6.45, 7) is 5.48. The molecule has 0 amide bonds. The molecule has 2 rings (SSSR count). The molecular weight excluding hydrogens is 192 g/mol. The minimum atomic E-state index is -0.738. The molecule has 1 aliphatic rings. The fraction of sp³-hybridized carbons (Fsp3) is 0.250. The summed E-state index contributed by atoms with van der Waals surface area (Å²) >= 11 is 0. The highest BCUT2D eigenvalue weighted by Crippen LogP contribution is 2.32. The Balaban J connectivity index is 2.18. The van der Waals surface area contributed by atoms with Crippen LogP contribution in [-0.4, -0.2) is 11.8 Å². The Morgan fingerprint density at radius 2 is 2.00 bits per heavy atom. The molecule has 0 N–H and O–H groups in total. The topological polar surface area (TPSA) is 35.5 Å². The maximum absolute atomic E-state index is 11.0. The zero-order chi connectivity index (χ0) is 10.9. The lowest BCUT2D eigenvalue weighted by molar-refractivity contribution is 0.0771. The van der Waals surface area contributed by atoms with Gasteiger partial charge >= 0.3 is 6.16 Å². The Morgan fingerprint density at radius 1 is 1.33 bits per heavy atom. The fourth-order valence-corrected chi connectivity index (χ4v) is 1.59. The average Bonchev–Trinajstić information content (AvgIpc) is 2.41. The normalized spacial score (nSPS) is 24.9. The van der Waals surface area contributed by atoms with Crippen molar-refractivity contribution in [2.45, 2.75) is 18.9 Å². The number of cyclic esters (lactones) is 2. The zero-order valence-corrected chi connectivity index (χ0v) is 8.53. The van der Waals surface area contributed by atoms with Crippen molar-refractivity contribution in [2.24, 2.45) is 0 Å². The standard InChI is InChI=1S/C12H12O3/c1-9-12(2,15-11(13)14-9)8-10-6-4-3-5-7-10/h3-7H,1,8H2,2H3. The number of ether oxygens (including phenoxy) is 2. The van der Waals surface area contributed by atoms with E-state index in [0.717, 1.165) is 5.56 Å². The molecule has 3 nitrogen and oxygen atoms in total. The van der Waals surface area contributed by atoms with Crippen LogP contribution in [0.2, 0.25) is 0 Å². The summed E-state index contributed by atoms with van der Waals surface area (Å²) < 4.78 is 9.90. The average molecular weight is 204 g/mol. The monoisotopic (exact) mass is 204 g/mol. The summed E-state index contributed by atoms with van der Waals surface area (Å²) in [4.78, 5) is 11.0. The zero-order valence-electron chi connectivity index (χ0n) is 8.53. The molecule has 0 aromatic heterocycles. The second-order valence-electron chi connectivity index (χ2n) is 3.77. The van der Waals surface area contributed by atoms with Crippen LogP contribution < -0.4 is 0 Å². The van der Waals surface area contributed by atoms with Gasteiger partial charge in [-0.15, -0.1) is 0 Å². The molecular formula is C12H12O3. The molecule has 15 heavy (non-hydrogen) atoms. The van der Waals surface area contributed by atoms with Gasteiger partial charge in [-0.05, 0) is 12.5 Å². The number of carbonyl (C=O) groups is 1. The maximum atomic E-state index is 11.0. The van der Waals surface area contributed by atoms with Crippen molar-refractivity contribution in [2.75, 3.05) is 0 Å². The summed E-state index contributed by atoms with van der Waals surface area (Å²) in [6.07, 6.45) is -0.0864. The number of carbonyl (C=O) groups excluding carboxylic acids is 1. The molecule has 0 spiro atoms. The maximum Gasteiger partial charge on any atom is 0.514 e. The van der Waals surface area contributed by atoms with Gasteiger partial charge in [0.25, 0.3) is 0 Å². The third kappa shape index (κ3) is 1.86. The van der Waals surface area contributed by atoms with Crippen molar-refractivity contribution in [3.8, 4) is 0 Å². The Kier molecular flexibility index (Phi) is 2.23. The van der Waals surface area contributed by atoms with E-state index in [4.69, 9.17) is 9.47 Å². The molecule has 1 atom stereocenters. The Hall–Kier alpha value is -1.77. The second-order valence-corrected chi connectivity index (χ2v) is 3.77. The van der Waals surface area contributed by atoms with E-state index in [1.165, 1.54) is 0 Å². The molecule has 0 bridgehead atoms. The van der Waals surface area contributed by atoms with Gasteiger partial charge in [0.1, 0.15) is 5.76 Å². The van der Waals surface area contributed by atoms with E-state index in [9.17, 15) is 4.79 Å². The molecule has 0 saturated carbocycles. The van der Waals surface area contributed by atoms with Crippen LogP contribution in [0.25, 0.3) is 0 Å². The van der Waals surface area contributed by atoms with E-state index in [1.54, 1.807) is 6.92 Å². The number of rotatable bonds is 2. The summed E-state index contributed by atoms with van der Waals surface area (Å²) in [5, 5.41) is 0. The van der Waals surface area contributed by atoms with Crippen molar-refractivity contribution < 1.29 is 14.3 Å². The van der Waals surface area contributed by atoms with Gasteiger partial charge < -0.3 is 9.47 Å². The first-order chi connectivity index (χ1) is 7.10. The van der Waals surface area contributed by atoms with Crippen molar-refractivity contribution >= 4 is 6.16 Å². The van der Waals surface area contributed by atoms with Crippen molar-refractivity contribution in [1.29, 1.82) is 0 Å². The minimum absolute atomic E-state index is 0.372. The molecule has 1 aromatic rings. The van der Waals surface area contributed by atoms with Crippen LogP contribution in [0.3, 0.4) is 0 Å². The molecule has 1 aliphatic heterocycles. The predicted octanol–water partition coefficient (Wildman–Crippen LogP) is 2.67. The molecule has 78 valence electrons. The lowest BCUT2D eigenvalue weighted by atomic mass is 9.95. The number of hydrogen-bond donors (Lipinski definition) is 0. The van der Waals surface area contributed by atoms with Gasteiger partial charge in [-0.3, -0.25) is 0 Å². The van der Waals surface area contributed by atoms with Gasteiger partial charge in [0, 0.05) is 6.42 Å². The molecule has 3 heteroatoms. The highest BCUT2D eigenvalue weighted by atomic mass is 16.8. The number of hydrogen-bond acceptors (Lipinski definition) is 3. The van der Waals surface area contributed by atoms with E-state index in [0.29, 0.717) is 12.2 Å². The summed E-state index contributed by atoms with van der Waals surface area (Å²) in [5.41, 5.74) is 0.345. The third-order valence-corrected chi connectivity index (χ3v) is 2.49. The molecule has 1 aromatic carbocycles. The molecule has 1 fully saturated rings. The first-order valence-electron chi connectivity index (χ1n) is 4.74. The highest BCUT2D eigenvalue weighted by Gasteiger charge is 2.42. The Labute approximate surface area is 88.3 Å². The summed E-state index contributed by atoms with van der Waals surface area (Å²) in [5.74, 6) is 0.372.